The fourth-order valence-electron chi connectivity index (χ4n) is 9.25. The number of hydrogen-bond acceptors (Lipinski definition) is 16. The first-order valence-electron chi connectivity index (χ1n) is 20.7. The summed E-state index contributed by atoms with van der Waals surface area (Å²) in [5.74, 6) is -6.93. The Morgan fingerprint density at radius 1 is 0.741 bits per heavy atom. The third-order valence-corrected chi connectivity index (χ3v) is 12.1. The van der Waals surface area contributed by atoms with Crippen LogP contribution in [0.15, 0.2) is 0 Å². The van der Waals surface area contributed by atoms with E-state index >= 15 is 0 Å². The molecule has 18 atom stereocenters. The summed E-state index contributed by atoms with van der Waals surface area (Å²) < 4.78 is 49.2. The Kier molecular flexibility index (Phi) is 17.3. The third-order valence-electron chi connectivity index (χ3n) is 12.1. The molecule has 3 saturated heterocycles. The molecular formula is C42H71NO15. The van der Waals surface area contributed by atoms with Crippen molar-refractivity contribution in [1.82, 2.24) is 4.90 Å². The number of esters is 4. The lowest BCUT2D eigenvalue weighted by atomic mass is 9.74. The maximum absolute atomic E-state index is 14.4. The van der Waals surface area contributed by atoms with Crippen molar-refractivity contribution in [2.75, 3.05) is 14.1 Å². The van der Waals surface area contributed by atoms with Crippen molar-refractivity contribution in [3.05, 3.63) is 0 Å². The predicted molar refractivity (Wildman–Crippen MR) is 209 cm³/mol. The van der Waals surface area contributed by atoms with Crippen LogP contribution in [0.1, 0.15) is 116 Å². The van der Waals surface area contributed by atoms with Crippen LogP contribution in [0.5, 0.6) is 0 Å². The fraction of sp³-hybridized carbons (Fsp3) is 0.881. The number of carbonyl (C=O) groups is 5. The number of likely N-dealkylation sites (N-methyl/N-ethyl adjacent to an activating group) is 1. The second-order valence-electron chi connectivity index (χ2n) is 17.8. The Balaban J connectivity index is 2.24. The standard InChI is InChI=1S/C42H71NO15/c1-16-31-22(4)34(53-27(9)44)23(5)33(47)20(2)18-41(12,49)37(58-40-36(54-28(10)45)30(43(14)15)17-21(3)51-40)24(6)35(25(7)39(48)56-31)57-32-19-42(13,50)38(26(8)52-32)55-29(11)46/h20-26,30-32,34-38,40,49-50H,16-19H2,1-15H3/t20-,21-,22+,23+,24+,25-,26+,30+,31-,32+,34+,35+,36-,37-,38+,40+,41-,42-/m1/s1. The van der Waals surface area contributed by atoms with E-state index in [2.05, 4.69) is 0 Å². The van der Waals surface area contributed by atoms with Crippen LogP contribution in [-0.2, 0) is 61.9 Å². The minimum atomic E-state index is -1.84. The molecule has 2 N–H and O–H groups in total. The molecule has 3 aliphatic rings. The SMILES string of the molecule is CC[C@H]1OC(=O)[C@H](C)[C@@H](O[C@H]2C[C@@](C)(O)[C@@H](OC(C)=O)[C@H](C)O2)[C@H](C)[C@@H](O[C@@H]2O[C@H](C)C[C@H](N(C)C)[C@H]2OC(C)=O)[C@](C)(O)C[C@@H](C)C(=O)[C@H](C)[C@@H](OC(C)=O)[C@H]1C. The molecule has 16 nitrogen and oxygen atoms in total. The normalized spacial score (nSPS) is 43.5. The van der Waals surface area contributed by atoms with Gasteiger partial charge >= 0.3 is 23.9 Å². The lowest BCUT2D eigenvalue weighted by molar-refractivity contribution is -0.317. The van der Waals surface area contributed by atoms with Gasteiger partial charge in [-0.15, -0.1) is 0 Å². The summed E-state index contributed by atoms with van der Waals surface area (Å²) in [5, 5.41) is 24.2. The highest BCUT2D eigenvalue weighted by Gasteiger charge is 2.53. The van der Waals surface area contributed by atoms with Crippen LogP contribution in [0.25, 0.3) is 0 Å². The highest BCUT2D eigenvalue weighted by atomic mass is 16.7. The van der Waals surface area contributed by atoms with E-state index in [9.17, 15) is 34.2 Å². The van der Waals surface area contributed by atoms with E-state index in [1.807, 2.05) is 32.8 Å². The zero-order chi connectivity index (χ0) is 44.2. The van der Waals surface area contributed by atoms with Crippen LogP contribution in [0, 0.1) is 29.6 Å². The van der Waals surface area contributed by atoms with Crippen molar-refractivity contribution in [3.63, 3.8) is 0 Å². The summed E-state index contributed by atoms with van der Waals surface area (Å²) >= 11 is 0. The van der Waals surface area contributed by atoms with Gasteiger partial charge in [-0.05, 0) is 68.0 Å². The fourth-order valence-corrected chi connectivity index (χ4v) is 9.25. The molecule has 0 aromatic carbocycles. The lowest BCUT2D eigenvalue weighted by Gasteiger charge is -2.49. The molecular weight excluding hydrogens is 758 g/mol. The van der Waals surface area contributed by atoms with E-state index < -0.39 is 120 Å². The zero-order valence-corrected chi connectivity index (χ0v) is 37.2. The third kappa shape index (κ3) is 12.2. The molecule has 3 heterocycles. The van der Waals surface area contributed by atoms with Gasteiger partial charge in [0.1, 0.15) is 23.6 Å². The molecule has 16 heteroatoms. The van der Waals surface area contributed by atoms with E-state index in [0.29, 0.717) is 12.8 Å². The summed E-state index contributed by atoms with van der Waals surface area (Å²) in [6, 6.07) is -0.339. The Bertz CT molecular complexity index is 1430. The van der Waals surface area contributed by atoms with Crippen LogP contribution in [0.4, 0.5) is 0 Å². The topological polar surface area (TPSA) is 203 Å². The number of carbonyl (C=O) groups excluding carboxylic acids is 5. The molecule has 0 aromatic heterocycles. The Morgan fingerprint density at radius 2 is 1.29 bits per heavy atom. The van der Waals surface area contributed by atoms with E-state index in [1.165, 1.54) is 34.6 Å². The van der Waals surface area contributed by atoms with Crippen molar-refractivity contribution in [2.24, 2.45) is 29.6 Å². The first-order valence-corrected chi connectivity index (χ1v) is 20.7. The van der Waals surface area contributed by atoms with Gasteiger partial charge in [0.2, 0.25) is 0 Å². The number of ether oxygens (including phenoxy) is 8. The second-order valence-corrected chi connectivity index (χ2v) is 17.8. The van der Waals surface area contributed by atoms with Crippen molar-refractivity contribution >= 4 is 29.7 Å². The van der Waals surface area contributed by atoms with E-state index in [-0.39, 0.29) is 30.8 Å². The molecule has 0 amide bonds. The highest BCUT2D eigenvalue weighted by molar-refractivity contribution is 5.84. The number of Topliss-reactive ketones (excluding diaryl/α,β-unsaturated/α-hetero) is 1. The number of aliphatic hydroxyl groups is 2. The van der Waals surface area contributed by atoms with Crippen LogP contribution >= 0.6 is 0 Å². The van der Waals surface area contributed by atoms with Crippen molar-refractivity contribution in [1.29, 1.82) is 0 Å². The quantitative estimate of drug-likeness (QED) is 0.251. The van der Waals surface area contributed by atoms with E-state index in [1.54, 1.807) is 41.5 Å². The van der Waals surface area contributed by atoms with Gasteiger partial charge in [0.05, 0.1) is 47.9 Å². The first-order chi connectivity index (χ1) is 26.7. The number of hydrogen-bond donors (Lipinski definition) is 2. The Labute approximate surface area is 344 Å². The first kappa shape index (κ1) is 49.6. The molecule has 3 rings (SSSR count). The minimum absolute atomic E-state index is 0.136. The molecule has 3 aliphatic heterocycles. The molecule has 0 spiro atoms. The van der Waals surface area contributed by atoms with Crippen LogP contribution in [-0.4, -0.2) is 138 Å². The lowest BCUT2D eigenvalue weighted by Crippen LogP contribution is -2.61. The monoisotopic (exact) mass is 829 g/mol. The van der Waals surface area contributed by atoms with Gasteiger partial charge in [0, 0.05) is 44.9 Å². The van der Waals surface area contributed by atoms with Crippen molar-refractivity contribution in [3.8, 4) is 0 Å². The summed E-state index contributed by atoms with van der Waals surface area (Å²) in [7, 11) is 3.70. The van der Waals surface area contributed by atoms with Crippen LogP contribution < -0.4 is 0 Å². The summed E-state index contributed by atoms with van der Waals surface area (Å²) in [6.45, 7) is 20.6. The average Bonchev–Trinajstić information content (AvgIpc) is 3.10. The smallest absolute Gasteiger partial charge is 0.311 e. The predicted octanol–water partition coefficient (Wildman–Crippen LogP) is 3.73. The molecule has 334 valence electrons. The molecule has 0 aromatic rings. The molecule has 0 aliphatic carbocycles. The van der Waals surface area contributed by atoms with Gasteiger partial charge in [0.15, 0.2) is 24.8 Å². The number of nitrogens with zero attached hydrogens (tertiary/aromatic N) is 1. The molecule has 0 radical (unpaired) electrons. The summed E-state index contributed by atoms with van der Waals surface area (Å²) in [5.41, 5.74) is -3.45. The van der Waals surface area contributed by atoms with Gasteiger partial charge in [-0.2, -0.15) is 0 Å². The van der Waals surface area contributed by atoms with Gasteiger partial charge in [-0.1, -0.05) is 34.6 Å². The highest BCUT2D eigenvalue weighted by Crippen LogP contribution is 2.41. The average molecular weight is 830 g/mol. The zero-order valence-electron chi connectivity index (χ0n) is 37.2. The van der Waals surface area contributed by atoms with Crippen molar-refractivity contribution < 1.29 is 72.1 Å². The number of ketones is 1. The second kappa shape index (κ2) is 20.2. The van der Waals surface area contributed by atoms with Crippen molar-refractivity contribution in [2.45, 2.75) is 194 Å². The summed E-state index contributed by atoms with van der Waals surface area (Å²) in [6.07, 6.45) is -9.10. The molecule has 0 unspecified atom stereocenters. The molecule has 0 saturated carbocycles. The summed E-state index contributed by atoms with van der Waals surface area (Å²) in [4.78, 5) is 67.3. The maximum Gasteiger partial charge on any atom is 0.311 e. The van der Waals surface area contributed by atoms with Crippen LogP contribution in [0.3, 0.4) is 0 Å². The number of rotatable bonds is 9. The molecule has 3 fully saturated rings. The van der Waals surface area contributed by atoms with Gasteiger partial charge < -0.3 is 53.0 Å². The Hall–Kier alpha value is -2.73. The van der Waals surface area contributed by atoms with Crippen LogP contribution in [0.2, 0.25) is 0 Å². The number of cyclic esters (lactones) is 1. The maximum atomic E-state index is 14.4. The molecule has 0 bridgehead atoms. The minimum Gasteiger partial charge on any atom is -0.462 e. The van der Waals surface area contributed by atoms with Gasteiger partial charge in [-0.3, -0.25) is 24.0 Å². The van der Waals surface area contributed by atoms with Gasteiger partial charge in [-0.25, -0.2) is 0 Å². The largest absolute Gasteiger partial charge is 0.462 e. The van der Waals surface area contributed by atoms with Gasteiger partial charge in [0.25, 0.3) is 0 Å². The van der Waals surface area contributed by atoms with E-state index in [4.69, 9.17) is 37.9 Å². The Morgan fingerprint density at radius 3 is 1.81 bits per heavy atom. The molecule has 58 heavy (non-hydrogen) atoms. The van der Waals surface area contributed by atoms with E-state index in [0.717, 1.165) is 0 Å².